The summed E-state index contributed by atoms with van der Waals surface area (Å²) in [6, 6.07) is 3.97. The lowest BCUT2D eigenvalue weighted by atomic mass is 10.1. The van der Waals surface area contributed by atoms with Crippen molar-refractivity contribution in [3.05, 3.63) is 29.1 Å². The predicted octanol–water partition coefficient (Wildman–Crippen LogP) is 2.25. The average molecular weight is 260 g/mol. The molecule has 0 spiro atoms. The second-order valence-corrected chi connectivity index (χ2v) is 5.63. The molecule has 1 N–H and O–H groups in total. The van der Waals surface area contributed by atoms with Gasteiger partial charge < -0.3 is 10.1 Å². The summed E-state index contributed by atoms with van der Waals surface area (Å²) in [6.07, 6.45) is 5.08. The molecular weight excluding hydrogens is 240 g/mol. The van der Waals surface area contributed by atoms with Crippen molar-refractivity contribution in [2.75, 3.05) is 13.7 Å². The van der Waals surface area contributed by atoms with Crippen molar-refractivity contribution >= 4 is 5.97 Å². The molecule has 2 aliphatic carbocycles. The van der Waals surface area contributed by atoms with E-state index in [2.05, 4.69) is 16.4 Å². The molecule has 0 saturated heterocycles. The molecule has 2 fully saturated rings. The maximum atomic E-state index is 11.6. The summed E-state index contributed by atoms with van der Waals surface area (Å²) in [5, 5.41) is 3.45. The summed E-state index contributed by atoms with van der Waals surface area (Å²) in [6.45, 7) is 1.89. The van der Waals surface area contributed by atoms with Crippen LogP contribution in [-0.4, -0.2) is 24.6 Å². The molecule has 0 unspecified atom stereocenters. The van der Waals surface area contributed by atoms with Gasteiger partial charge in [-0.05, 0) is 55.8 Å². The molecule has 1 heterocycles. The molecule has 4 heteroatoms. The Bertz CT molecular complexity index is 479. The molecule has 102 valence electrons. The molecule has 2 saturated carbocycles. The number of carbonyl (C=O) groups is 1. The van der Waals surface area contributed by atoms with Crippen molar-refractivity contribution in [1.82, 2.24) is 10.3 Å². The van der Waals surface area contributed by atoms with Crippen LogP contribution in [0, 0.1) is 5.92 Å². The summed E-state index contributed by atoms with van der Waals surface area (Å²) in [5.74, 6) is 1.07. The van der Waals surface area contributed by atoms with E-state index in [0.29, 0.717) is 11.6 Å². The minimum atomic E-state index is -0.342. The number of esters is 1. The second kappa shape index (κ2) is 5.29. The third-order valence-corrected chi connectivity index (χ3v) is 3.75. The normalized spacial score (nSPS) is 18.4. The van der Waals surface area contributed by atoms with Crippen molar-refractivity contribution < 1.29 is 9.53 Å². The molecule has 0 radical (unpaired) electrons. The lowest BCUT2D eigenvalue weighted by Crippen LogP contribution is -2.17. The molecule has 1 aromatic heterocycles. The Hall–Kier alpha value is -1.42. The van der Waals surface area contributed by atoms with Crippen LogP contribution in [0.4, 0.5) is 0 Å². The highest BCUT2D eigenvalue weighted by Gasteiger charge is 2.26. The first kappa shape index (κ1) is 12.6. The maximum Gasteiger partial charge on any atom is 0.356 e. The van der Waals surface area contributed by atoms with Gasteiger partial charge in [-0.25, -0.2) is 9.78 Å². The Kier molecular flexibility index (Phi) is 3.51. The summed E-state index contributed by atoms with van der Waals surface area (Å²) < 4.78 is 4.78. The van der Waals surface area contributed by atoms with Crippen LogP contribution < -0.4 is 5.32 Å². The van der Waals surface area contributed by atoms with E-state index in [9.17, 15) is 4.79 Å². The highest BCUT2D eigenvalue weighted by atomic mass is 16.5. The number of methoxy groups -OCH3 is 1. The lowest BCUT2D eigenvalue weighted by molar-refractivity contribution is 0.0593. The van der Waals surface area contributed by atoms with Crippen LogP contribution in [0.3, 0.4) is 0 Å². The standard InChI is InChI=1S/C15H20N2O2/c1-19-15(18)14-7-11(9-16-8-10-2-3-10)6-13(17-14)12-4-5-12/h6-7,10,12,16H,2-5,8-9H2,1H3. The molecule has 4 nitrogen and oxygen atoms in total. The third kappa shape index (κ3) is 3.32. The Labute approximate surface area is 113 Å². The van der Waals surface area contributed by atoms with Gasteiger partial charge in [-0.3, -0.25) is 0 Å². The van der Waals surface area contributed by atoms with Crippen LogP contribution >= 0.6 is 0 Å². The highest BCUT2D eigenvalue weighted by molar-refractivity contribution is 5.87. The largest absolute Gasteiger partial charge is 0.464 e. The number of hydrogen-bond acceptors (Lipinski definition) is 4. The topological polar surface area (TPSA) is 51.2 Å². The fourth-order valence-corrected chi connectivity index (χ4v) is 2.25. The third-order valence-electron chi connectivity index (χ3n) is 3.75. The lowest BCUT2D eigenvalue weighted by Gasteiger charge is -2.08. The van der Waals surface area contributed by atoms with E-state index in [-0.39, 0.29) is 5.97 Å². The number of aromatic nitrogens is 1. The highest BCUT2D eigenvalue weighted by Crippen LogP contribution is 2.39. The number of carbonyl (C=O) groups excluding carboxylic acids is 1. The number of rotatable bonds is 6. The van der Waals surface area contributed by atoms with Crippen molar-refractivity contribution in [3.63, 3.8) is 0 Å². The van der Waals surface area contributed by atoms with E-state index < -0.39 is 0 Å². The van der Waals surface area contributed by atoms with Crippen molar-refractivity contribution in [1.29, 1.82) is 0 Å². The van der Waals surface area contributed by atoms with E-state index in [1.165, 1.54) is 32.8 Å². The second-order valence-electron chi connectivity index (χ2n) is 5.63. The zero-order chi connectivity index (χ0) is 13.2. The zero-order valence-electron chi connectivity index (χ0n) is 11.3. The molecule has 0 aromatic carbocycles. The van der Waals surface area contributed by atoms with Crippen LogP contribution in [0.15, 0.2) is 12.1 Å². The quantitative estimate of drug-likeness (QED) is 0.797. The number of hydrogen-bond donors (Lipinski definition) is 1. The first-order chi connectivity index (χ1) is 9.26. The van der Waals surface area contributed by atoms with Gasteiger partial charge in [0.25, 0.3) is 0 Å². The Morgan fingerprint density at radius 2 is 2.16 bits per heavy atom. The molecular formula is C15H20N2O2. The Morgan fingerprint density at radius 1 is 1.37 bits per heavy atom. The molecule has 1 aromatic rings. The van der Waals surface area contributed by atoms with E-state index in [1.54, 1.807) is 0 Å². The Balaban J connectivity index is 1.72. The maximum absolute atomic E-state index is 11.6. The van der Waals surface area contributed by atoms with Gasteiger partial charge in [-0.1, -0.05) is 0 Å². The molecule has 3 rings (SSSR count). The van der Waals surface area contributed by atoms with Gasteiger partial charge >= 0.3 is 5.97 Å². The number of nitrogens with one attached hydrogen (secondary N) is 1. The minimum absolute atomic E-state index is 0.342. The molecule has 0 amide bonds. The number of nitrogens with zero attached hydrogens (tertiary/aromatic N) is 1. The fourth-order valence-electron chi connectivity index (χ4n) is 2.25. The minimum Gasteiger partial charge on any atom is -0.464 e. The summed E-state index contributed by atoms with van der Waals surface area (Å²) in [7, 11) is 1.40. The monoisotopic (exact) mass is 260 g/mol. The summed E-state index contributed by atoms with van der Waals surface area (Å²) in [4.78, 5) is 16.1. The fraction of sp³-hybridized carbons (Fsp3) is 0.600. The molecule has 0 aliphatic heterocycles. The zero-order valence-corrected chi connectivity index (χ0v) is 11.3. The molecule has 2 aliphatic rings. The van der Waals surface area contributed by atoms with Crippen LogP contribution in [0.2, 0.25) is 0 Å². The van der Waals surface area contributed by atoms with E-state index in [1.807, 2.05) is 6.07 Å². The van der Waals surface area contributed by atoms with Crippen LogP contribution in [0.1, 0.15) is 53.3 Å². The summed E-state index contributed by atoms with van der Waals surface area (Å²) >= 11 is 0. The van der Waals surface area contributed by atoms with Gasteiger partial charge in [-0.15, -0.1) is 0 Å². The first-order valence-corrected chi connectivity index (χ1v) is 7.06. The SMILES string of the molecule is COC(=O)c1cc(CNCC2CC2)cc(C2CC2)n1. The molecule has 19 heavy (non-hydrogen) atoms. The van der Waals surface area contributed by atoms with Crippen molar-refractivity contribution in [2.45, 2.75) is 38.1 Å². The predicted molar refractivity (Wildman–Crippen MR) is 72.0 cm³/mol. The van der Waals surface area contributed by atoms with E-state index >= 15 is 0 Å². The van der Waals surface area contributed by atoms with Gasteiger partial charge in [-0.2, -0.15) is 0 Å². The van der Waals surface area contributed by atoms with E-state index in [4.69, 9.17) is 4.74 Å². The van der Waals surface area contributed by atoms with Crippen LogP contribution in [0.5, 0.6) is 0 Å². The van der Waals surface area contributed by atoms with Crippen molar-refractivity contribution in [2.24, 2.45) is 5.92 Å². The smallest absolute Gasteiger partial charge is 0.356 e. The number of pyridine rings is 1. The first-order valence-electron chi connectivity index (χ1n) is 7.06. The van der Waals surface area contributed by atoms with Crippen molar-refractivity contribution in [3.8, 4) is 0 Å². The van der Waals surface area contributed by atoms with Crippen LogP contribution in [-0.2, 0) is 11.3 Å². The summed E-state index contributed by atoms with van der Waals surface area (Å²) in [5.41, 5.74) is 2.62. The average Bonchev–Trinajstić information content (AvgIpc) is 3.29. The van der Waals surface area contributed by atoms with Gasteiger partial charge in [0.15, 0.2) is 0 Å². The molecule has 0 atom stereocenters. The van der Waals surface area contributed by atoms with Gasteiger partial charge in [0, 0.05) is 18.2 Å². The number of ether oxygens (including phenoxy) is 1. The van der Waals surface area contributed by atoms with Gasteiger partial charge in [0.1, 0.15) is 5.69 Å². The van der Waals surface area contributed by atoms with E-state index in [0.717, 1.165) is 30.3 Å². The molecule has 0 bridgehead atoms. The Morgan fingerprint density at radius 3 is 2.79 bits per heavy atom. The van der Waals surface area contributed by atoms with Gasteiger partial charge in [0.05, 0.1) is 7.11 Å². The van der Waals surface area contributed by atoms with Gasteiger partial charge in [0.2, 0.25) is 0 Å². The van der Waals surface area contributed by atoms with Crippen LogP contribution in [0.25, 0.3) is 0 Å².